The summed E-state index contributed by atoms with van der Waals surface area (Å²) in [5.41, 5.74) is -0.0613. The maximum Gasteiger partial charge on any atom is 0.146 e. The van der Waals surface area contributed by atoms with Crippen LogP contribution in [0.1, 0.15) is 31.2 Å². The first-order valence-corrected chi connectivity index (χ1v) is 6.34. The average molecular weight is 258 g/mol. The predicted molar refractivity (Wildman–Crippen MR) is 66.5 cm³/mol. The van der Waals surface area contributed by atoms with Crippen LogP contribution in [0.5, 0.6) is 0 Å². The molecule has 0 radical (unpaired) electrons. The summed E-state index contributed by atoms with van der Waals surface area (Å²) in [6.07, 6.45) is 3.81. The quantitative estimate of drug-likeness (QED) is 0.869. The van der Waals surface area contributed by atoms with Gasteiger partial charge in [-0.15, -0.1) is 0 Å². The van der Waals surface area contributed by atoms with Crippen molar-refractivity contribution in [1.82, 2.24) is 5.32 Å². The SMILES string of the molecule is OC1(CNCc2cccc(Cl)c2F)CCCC1. The number of aliphatic hydroxyl groups is 1. The van der Waals surface area contributed by atoms with Crippen molar-refractivity contribution in [2.24, 2.45) is 0 Å². The van der Waals surface area contributed by atoms with Crippen molar-refractivity contribution in [3.63, 3.8) is 0 Å². The molecule has 0 aromatic heterocycles. The van der Waals surface area contributed by atoms with Crippen LogP contribution < -0.4 is 5.32 Å². The first-order valence-electron chi connectivity index (χ1n) is 5.97. The lowest BCUT2D eigenvalue weighted by Gasteiger charge is -2.22. The third kappa shape index (κ3) is 3.18. The minimum absolute atomic E-state index is 0.142. The summed E-state index contributed by atoms with van der Waals surface area (Å²) in [5, 5.41) is 13.4. The maximum absolute atomic E-state index is 13.6. The van der Waals surface area contributed by atoms with Gasteiger partial charge in [-0.3, -0.25) is 0 Å². The largest absolute Gasteiger partial charge is 0.389 e. The van der Waals surface area contributed by atoms with E-state index in [0.717, 1.165) is 25.7 Å². The Morgan fingerprint density at radius 3 is 2.76 bits per heavy atom. The molecule has 17 heavy (non-hydrogen) atoms. The fourth-order valence-electron chi connectivity index (χ4n) is 2.32. The van der Waals surface area contributed by atoms with Gasteiger partial charge in [0.1, 0.15) is 5.82 Å². The van der Waals surface area contributed by atoms with Crippen molar-refractivity contribution in [2.75, 3.05) is 6.54 Å². The molecule has 0 amide bonds. The number of hydrogen-bond donors (Lipinski definition) is 2. The zero-order valence-corrected chi connectivity index (χ0v) is 10.4. The van der Waals surface area contributed by atoms with Crippen LogP contribution in [0.3, 0.4) is 0 Å². The van der Waals surface area contributed by atoms with Gasteiger partial charge in [-0.05, 0) is 18.9 Å². The van der Waals surface area contributed by atoms with Crippen LogP contribution >= 0.6 is 11.6 Å². The molecule has 0 unspecified atom stereocenters. The van der Waals surface area contributed by atoms with Gasteiger partial charge < -0.3 is 10.4 Å². The minimum Gasteiger partial charge on any atom is -0.389 e. The summed E-state index contributed by atoms with van der Waals surface area (Å²) >= 11 is 5.70. The Bertz CT molecular complexity index is 391. The molecule has 94 valence electrons. The number of nitrogens with one attached hydrogen (secondary N) is 1. The lowest BCUT2D eigenvalue weighted by Crippen LogP contribution is -2.37. The Kier molecular flexibility index (Phi) is 4.02. The summed E-state index contributed by atoms with van der Waals surface area (Å²) in [7, 11) is 0. The van der Waals surface area contributed by atoms with Gasteiger partial charge in [0.2, 0.25) is 0 Å². The highest BCUT2D eigenvalue weighted by Gasteiger charge is 2.30. The van der Waals surface area contributed by atoms with Gasteiger partial charge in [-0.25, -0.2) is 4.39 Å². The maximum atomic E-state index is 13.6. The van der Waals surface area contributed by atoms with Crippen molar-refractivity contribution in [1.29, 1.82) is 0 Å². The lowest BCUT2D eigenvalue weighted by atomic mass is 10.0. The molecule has 1 aliphatic carbocycles. The highest BCUT2D eigenvalue weighted by molar-refractivity contribution is 6.30. The molecule has 4 heteroatoms. The second-order valence-electron chi connectivity index (χ2n) is 4.75. The van der Waals surface area contributed by atoms with Crippen molar-refractivity contribution in [3.05, 3.63) is 34.6 Å². The van der Waals surface area contributed by atoms with Crippen molar-refractivity contribution < 1.29 is 9.50 Å². The monoisotopic (exact) mass is 257 g/mol. The summed E-state index contributed by atoms with van der Waals surface area (Å²) in [5.74, 6) is -0.375. The van der Waals surface area contributed by atoms with Crippen LogP contribution in [0, 0.1) is 5.82 Å². The third-order valence-electron chi connectivity index (χ3n) is 3.34. The van der Waals surface area contributed by atoms with E-state index >= 15 is 0 Å². The average Bonchev–Trinajstić information content (AvgIpc) is 2.72. The van der Waals surface area contributed by atoms with E-state index in [4.69, 9.17) is 11.6 Å². The first kappa shape index (κ1) is 12.8. The lowest BCUT2D eigenvalue weighted by molar-refractivity contribution is 0.0474. The van der Waals surface area contributed by atoms with Crippen LogP contribution in [-0.2, 0) is 6.54 Å². The summed E-state index contributed by atoms with van der Waals surface area (Å²) in [6, 6.07) is 4.96. The second kappa shape index (κ2) is 5.34. The molecule has 1 aliphatic rings. The molecule has 1 fully saturated rings. The van der Waals surface area contributed by atoms with Gasteiger partial charge in [-0.2, -0.15) is 0 Å². The molecule has 1 aromatic carbocycles. The van der Waals surface area contributed by atoms with Gasteiger partial charge in [0.25, 0.3) is 0 Å². The van der Waals surface area contributed by atoms with Gasteiger partial charge in [0.15, 0.2) is 0 Å². The molecular formula is C13H17ClFNO. The van der Waals surface area contributed by atoms with Crippen molar-refractivity contribution in [2.45, 2.75) is 37.8 Å². The van der Waals surface area contributed by atoms with Gasteiger partial charge >= 0.3 is 0 Å². The topological polar surface area (TPSA) is 32.3 Å². The summed E-state index contributed by atoms with van der Waals surface area (Å²) < 4.78 is 13.6. The summed E-state index contributed by atoms with van der Waals surface area (Å²) in [4.78, 5) is 0. The molecule has 0 saturated heterocycles. The highest BCUT2D eigenvalue weighted by Crippen LogP contribution is 2.28. The van der Waals surface area contributed by atoms with E-state index in [1.54, 1.807) is 12.1 Å². The van der Waals surface area contributed by atoms with E-state index in [1.807, 2.05) is 0 Å². The minimum atomic E-state index is -0.602. The fourth-order valence-corrected chi connectivity index (χ4v) is 2.52. The molecule has 0 heterocycles. The van der Waals surface area contributed by atoms with E-state index in [1.165, 1.54) is 6.07 Å². The molecular weight excluding hydrogens is 241 g/mol. The van der Waals surface area contributed by atoms with Gasteiger partial charge in [0.05, 0.1) is 10.6 Å². The molecule has 2 nitrogen and oxygen atoms in total. The normalized spacial score (nSPS) is 18.5. The molecule has 2 N–H and O–H groups in total. The molecule has 0 aliphatic heterocycles. The van der Waals surface area contributed by atoms with E-state index in [9.17, 15) is 9.50 Å². The number of halogens is 2. The van der Waals surface area contributed by atoms with Crippen LogP contribution in [0.25, 0.3) is 0 Å². The highest BCUT2D eigenvalue weighted by atomic mass is 35.5. The zero-order chi connectivity index (χ0) is 12.3. The number of rotatable bonds is 4. The molecule has 0 spiro atoms. The van der Waals surface area contributed by atoms with E-state index < -0.39 is 5.60 Å². The Hall–Kier alpha value is -0.640. The number of hydrogen-bond acceptors (Lipinski definition) is 2. The van der Waals surface area contributed by atoms with Gasteiger partial charge in [-0.1, -0.05) is 36.6 Å². The Morgan fingerprint density at radius 2 is 2.06 bits per heavy atom. The molecule has 2 rings (SSSR count). The molecule has 0 atom stereocenters. The molecule has 0 bridgehead atoms. The summed E-state index contributed by atoms with van der Waals surface area (Å²) in [6.45, 7) is 0.910. The van der Waals surface area contributed by atoms with Crippen LogP contribution in [-0.4, -0.2) is 17.3 Å². The van der Waals surface area contributed by atoms with Crippen LogP contribution in [0.2, 0.25) is 5.02 Å². The molecule has 1 aromatic rings. The first-order chi connectivity index (χ1) is 8.11. The van der Waals surface area contributed by atoms with E-state index in [-0.39, 0.29) is 10.8 Å². The second-order valence-corrected chi connectivity index (χ2v) is 5.16. The fraction of sp³-hybridized carbons (Fsp3) is 0.538. The van der Waals surface area contributed by atoms with Crippen LogP contribution in [0.15, 0.2) is 18.2 Å². The van der Waals surface area contributed by atoms with Crippen molar-refractivity contribution >= 4 is 11.6 Å². The Morgan fingerprint density at radius 1 is 1.35 bits per heavy atom. The standard InChI is InChI=1S/C13H17ClFNO/c14-11-5-3-4-10(12(11)15)8-16-9-13(17)6-1-2-7-13/h3-5,16-17H,1-2,6-9H2. The zero-order valence-electron chi connectivity index (χ0n) is 9.68. The Balaban J connectivity index is 1.88. The Labute approximate surface area is 106 Å². The van der Waals surface area contributed by atoms with Crippen LogP contribution in [0.4, 0.5) is 4.39 Å². The van der Waals surface area contributed by atoms with Crippen molar-refractivity contribution in [3.8, 4) is 0 Å². The van der Waals surface area contributed by atoms with E-state index in [0.29, 0.717) is 18.7 Å². The smallest absolute Gasteiger partial charge is 0.146 e. The number of benzene rings is 1. The van der Waals surface area contributed by atoms with E-state index in [2.05, 4.69) is 5.32 Å². The predicted octanol–water partition coefficient (Wildman–Crippen LogP) is 2.87. The third-order valence-corrected chi connectivity index (χ3v) is 3.63. The van der Waals surface area contributed by atoms with Gasteiger partial charge in [0, 0.05) is 18.7 Å². The molecule has 1 saturated carbocycles.